The van der Waals surface area contributed by atoms with Crippen LogP contribution in [0.4, 0.5) is 0 Å². The number of aliphatic hydroxyl groups is 1. The lowest BCUT2D eigenvalue weighted by molar-refractivity contribution is 0.264. The van der Waals surface area contributed by atoms with Gasteiger partial charge in [0.1, 0.15) is 0 Å². The number of hydrogen-bond acceptors (Lipinski definition) is 2. The smallest absolute Gasteiger partial charge is 0.0595 e. The van der Waals surface area contributed by atoms with Crippen molar-refractivity contribution >= 4 is 35.6 Å². The van der Waals surface area contributed by atoms with Crippen molar-refractivity contribution in [3.63, 3.8) is 0 Å². The topological polar surface area (TPSA) is 46.2 Å². The molecule has 5 heteroatoms. The van der Waals surface area contributed by atoms with Gasteiger partial charge in [-0.25, -0.2) is 0 Å². The molecule has 0 spiro atoms. The molecule has 0 aromatic heterocycles. The molecule has 1 aliphatic carbocycles. The van der Waals surface area contributed by atoms with Crippen LogP contribution < -0.4 is 5.73 Å². The van der Waals surface area contributed by atoms with E-state index >= 15 is 0 Å². The summed E-state index contributed by atoms with van der Waals surface area (Å²) in [6.45, 7) is 0.716. The van der Waals surface area contributed by atoms with E-state index in [0.29, 0.717) is 16.6 Å². The van der Waals surface area contributed by atoms with E-state index in [9.17, 15) is 0 Å². The Kier molecular flexibility index (Phi) is 4.49. The molecule has 1 aromatic carbocycles. The third-order valence-electron chi connectivity index (χ3n) is 3.31. The summed E-state index contributed by atoms with van der Waals surface area (Å²) in [6, 6.07) is 5.58. The molecular formula is C11H14Cl3NO. The maximum Gasteiger partial charge on any atom is 0.0595 e. The number of rotatable bonds is 3. The van der Waals surface area contributed by atoms with Crippen molar-refractivity contribution in [2.75, 3.05) is 13.2 Å². The van der Waals surface area contributed by atoms with E-state index in [1.54, 1.807) is 6.07 Å². The van der Waals surface area contributed by atoms with Crippen LogP contribution in [0.25, 0.3) is 0 Å². The SMILES string of the molecule is Cl.NC[C@@]1(c2ccc(Cl)c(Cl)c2)C[C@H]1CO. The first-order chi connectivity index (χ1) is 7.14. The molecule has 90 valence electrons. The van der Waals surface area contributed by atoms with Gasteiger partial charge in [0, 0.05) is 18.6 Å². The van der Waals surface area contributed by atoms with E-state index in [1.807, 2.05) is 12.1 Å². The molecule has 3 N–H and O–H groups in total. The Bertz CT molecular complexity index is 385. The van der Waals surface area contributed by atoms with Gasteiger partial charge in [-0.3, -0.25) is 0 Å². The Morgan fingerprint density at radius 3 is 2.50 bits per heavy atom. The van der Waals surface area contributed by atoms with Crippen LogP contribution >= 0.6 is 35.6 Å². The molecule has 1 aromatic rings. The molecule has 0 unspecified atom stereocenters. The predicted octanol–water partition coefficient (Wildman–Crippen LogP) is 2.62. The van der Waals surface area contributed by atoms with Gasteiger partial charge in [0.25, 0.3) is 0 Å². The molecule has 0 saturated heterocycles. The van der Waals surface area contributed by atoms with E-state index in [1.165, 1.54) is 0 Å². The molecule has 1 aliphatic rings. The lowest BCUT2D eigenvalue weighted by Crippen LogP contribution is -2.23. The zero-order valence-corrected chi connectivity index (χ0v) is 10.9. The number of aliphatic hydroxyl groups excluding tert-OH is 1. The fourth-order valence-electron chi connectivity index (χ4n) is 2.15. The summed E-state index contributed by atoms with van der Waals surface area (Å²) in [4.78, 5) is 0. The van der Waals surface area contributed by atoms with Crippen LogP contribution in [0.1, 0.15) is 12.0 Å². The average Bonchev–Trinajstić information content (AvgIpc) is 2.97. The van der Waals surface area contributed by atoms with Crippen LogP contribution in [0.3, 0.4) is 0 Å². The van der Waals surface area contributed by atoms with Crippen molar-refractivity contribution in [1.29, 1.82) is 0 Å². The normalized spacial score (nSPS) is 27.4. The van der Waals surface area contributed by atoms with Crippen molar-refractivity contribution in [3.8, 4) is 0 Å². The van der Waals surface area contributed by atoms with E-state index < -0.39 is 0 Å². The van der Waals surface area contributed by atoms with Crippen molar-refractivity contribution in [2.45, 2.75) is 11.8 Å². The standard InChI is InChI=1S/C11H13Cl2NO.ClH/c12-9-2-1-7(3-10(9)13)11(6-14)4-8(11)5-15;/h1-3,8,15H,4-6,14H2;1H/t8-,11+;/m0./s1. The van der Waals surface area contributed by atoms with Crippen LogP contribution in [-0.4, -0.2) is 18.3 Å². The minimum absolute atomic E-state index is 0. The van der Waals surface area contributed by atoms with Crippen molar-refractivity contribution in [3.05, 3.63) is 33.8 Å². The number of nitrogens with two attached hydrogens (primary N) is 1. The van der Waals surface area contributed by atoms with Crippen molar-refractivity contribution in [2.24, 2.45) is 11.7 Å². The lowest BCUT2D eigenvalue weighted by Gasteiger charge is -2.15. The molecule has 0 bridgehead atoms. The number of benzene rings is 1. The van der Waals surface area contributed by atoms with Crippen LogP contribution in [0.2, 0.25) is 10.0 Å². The van der Waals surface area contributed by atoms with Gasteiger partial charge >= 0.3 is 0 Å². The molecule has 0 radical (unpaired) electrons. The van der Waals surface area contributed by atoms with Gasteiger partial charge < -0.3 is 10.8 Å². The Hall–Kier alpha value is 0.01000. The molecule has 2 atom stereocenters. The first kappa shape index (κ1) is 14.1. The highest BCUT2D eigenvalue weighted by atomic mass is 35.5. The predicted molar refractivity (Wildman–Crippen MR) is 69.6 cm³/mol. The Morgan fingerprint density at radius 1 is 1.38 bits per heavy atom. The molecular weight excluding hydrogens is 268 g/mol. The zero-order chi connectivity index (χ0) is 11.1. The maximum atomic E-state index is 9.14. The minimum atomic E-state index is -0.0804. The minimum Gasteiger partial charge on any atom is -0.396 e. The molecule has 16 heavy (non-hydrogen) atoms. The fourth-order valence-corrected chi connectivity index (χ4v) is 2.45. The first-order valence-corrected chi connectivity index (χ1v) is 5.66. The van der Waals surface area contributed by atoms with Gasteiger partial charge in [0.2, 0.25) is 0 Å². The molecule has 1 saturated carbocycles. The highest BCUT2D eigenvalue weighted by Crippen LogP contribution is 2.53. The van der Waals surface area contributed by atoms with Crippen LogP contribution in [-0.2, 0) is 5.41 Å². The van der Waals surface area contributed by atoms with Gasteiger partial charge in [0.15, 0.2) is 0 Å². The van der Waals surface area contributed by atoms with Crippen LogP contribution in [0.5, 0.6) is 0 Å². The lowest BCUT2D eigenvalue weighted by atomic mass is 9.93. The van der Waals surface area contributed by atoms with Gasteiger partial charge in [0.05, 0.1) is 10.0 Å². The van der Waals surface area contributed by atoms with Crippen molar-refractivity contribution in [1.82, 2.24) is 0 Å². The monoisotopic (exact) mass is 281 g/mol. The number of halogens is 3. The Balaban J connectivity index is 0.00000128. The molecule has 2 nitrogen and oxygen atoms in total. The van der Waals surface area contributed by atoms with E-state index in [-0.39, 0.29) is 30.3 Å². The molecule has 0 aliphatic heterocycles. The van der Waals surface area contributed by atoms with Gasteiger partial charge in [-0.15, -0.1) is 12.4 Å². The third-order valence-corrected chi connectivity index (χ3v) is 4.05. The number of hydrogen-bond donors (Lipinski definition) is 2. The van der Waals surface area contributed by atoms with Crippen LogP contribution in [0, 0.1) is 5.92 Å². The fraction of sp³-hybridized carbons (Fsp3) is 0.455. The summed E-state index contributed by atoms with van der Waals surface area (Å²) >= 11 is 11.8. The van der Waals surface area contributed by atoms with Gasteiger partial charge in [-0.2, -0.15) is 0 Å². The van der Waals surface area contributed by atoms with E-state index in [2.05, 4.69) is 0 Å². The van der Waals surface area contributed by atoms with E-state index in [4.69, 9.17) is 34.0 Å². The average molecular weight is 283 g/mol. The van der Waals surface area contributed by atoms with Gasteiger partial charge in [-0.1, -0.05) is 29.3 Å². The highest BCUT2D eigenvalue weighted by molar-refractivity contribution is 6.42. The van der Waals surface area contributed by atoms with E-state index in [0.717, 1.165) is 12.0 Å². The zero-order valence-electron chi connectivity index (χ0n) is 8.62. The summed E-state index contributed by atoms with van der Waals surface area (Å²) in [7, 11) is 0. The largest absolute Gasteiger partial charge is 0.396 e. The van der Waals surface area contributed by atoms with Crippen molar-refractivity contribution < 1.29 is 5.11 Å². The summed E-state index contributed by atoms with van der Waals surface area (Å²) in [5.41, 5.74) is 6.77. The summed E-state index contributed by atoms with van der Waals surface area (Å²) in [6.07, 6.45) is 0.929. The van der Waals surface area contributed by atoms with Crippen LogP contribution in [0.15, 0.2) is 18.2 Å². The summed E-state index contributed by atoms with van der Waals surface area (Å²) in [5, 5.41) is 10.2. The Labute approximate surface area is 111 Å². The second-order valence-electron chi connectivity index (χ2n) is 4.07. The van der Waals surface area contributed by atoms with Gasteiger partial charge in [-0.05, 0) is 30.0 Å². The first-order valence-electron chi connectivity index (χ1n) is 4.90. The Morgan fingerprint density at radius 2 is 2.06 bits per heavy atom. The molecule has 0 amide bonds. The quantitative estimate of drug-likeness (QED) is 0.895. The highest BCUT2D eigenvalue weighted by Gasteiger charge is 2.53. The maximum absolute atomic E-state index is 9.14. The second-order valence-corrected chi connectivity index (χ2v) is 4.89. The third kappa shape index (κ3) is 2.18. The second kappa shape index (κ2) is 5.11. The molecule has 0 heterocycles. The molecule has 2 rings (SSSR count). The molecule has 1 fully saturated rings. The summed E-state index contributed by atoms with van der Waals surface area (Å²) < 4.78 is 0. The summed E-state index contributed by atoms with van der Waals surface area (Å²) in [5.74, 6) is 0.264.